The summed E-state index contributed by atoms with van der Waals surface area (Å²) >= 11 is 7.69. The van der Waals surface area contributed by atoms with Crippen LogP contribution in [0.1, 0.15) is 27.8 Å². The van der Waals surface area contributed by atoms with Crippen molar-refractivity contribution in [3.63, 3.8) is 0 Å². The standard InChI is InChI=1S/C29H21ClN4O3S/c1-17-12-13-19(16-21(17)30)23-14-15-24(37-23)27-33(28(36)18-8-4-3-5-9-18)22-11-7-6-10-20(22)25-26(35)31-29(38-2)32-34(25)27/h3-16,27H,1-2H3/p+1. The first-order valence-corrected chi connectivity index (χ1v) is 13.5. The number of aryl methyl sites for hydroxylation is 1. The average Bonchev–Trinajstić information content (AvgIpc) is 3.43. The third-order valence-corrected chi connectivity index (χ3v) is 7.51. The maximum atomic E-state index is 14.1. The van der Waals surface area contributed by atoms with E-state index in [9.17, 15) is 9.59 Å². The van der Waals surface area contributed by atoms with E-state index in [2.05, 4.69) is 4.98 Å². The van der Waals surface area contributed by atoms with Gasteiger partial charge >= 0.3 is 17.4 Å². The van der Waals surface area contributed by atoms with Crippen molar-refractivity contribution in [2.45, 2.75) is 18.2 Å². The van der Waals surface area contributed by atoms with Gasteiger partial charge in [-0.2, -0.15) is 0 Å². The van der Waals surface area contributed by atoms with Crippen LogP contribution in [0.2, 0.25) is 5.02 Å². The van der Waals surface area contributed by atoms with Crippen LogP contribution in [0.5, 0.6) is 0 Å². The smallest absolute Gasteiger partial charge is 0.325 e. The number of nitrogens with one attached hydrogen (secondary N) is 1. The number of thioether (sulfide) groups is 1. The minimum Gasteiger partial charge on any atom is -0.452 e. The molecule has 3 aromatic carbocycles. The fraction of sp³-hybridized carbons (Fsp3) is 0.103. The zero-order valence-corrected chi connectivity index (χ0v) is 22.1. The fourth-order valence-electron chi connectivity index (χ4n) is 4.65. The van der Waals surface area contributed by atoms with Gasteiger partial charge < -0.3 is 4.42 Å². The number of furan rings is 1. The Morgan fingerprint density at radius 3 is 2.58 bits per heavy atom. The van der Waals surface area contributed by atoms with Gasteiger partial charge in [0.05, 0.1) is 11.3 Å². The first kappa shape index (κ1) is 24.2. The number of aromatic nitrogens is 3. The summed E-state index contributed by atoms with van der Waals surface area (Å²) in [7, 11) is 0. The maximum absolute atomic E-state index is 14.1. The monoisotopic (exact) mass is 541 g/mol. The number of anilines is 1. The summed E-state index contributed by atoms with van der Waals surface area (Å²) in [5.74, 6) is 0.794. The topological polar surface area (TPSA) is 83.1 Å². The first-order chi connectivity index (χ1) is 18.5. The lowest BCUT2D eigenvalue weighted by molar-refractivity contribution is -0.764. The molecule has 1 atom stereocenters. The predicted molar refractivity (Wildman–Crippen MR) is 148 cm³/mol. The SMILES string of the molecule is CSc1n[n+]2c(c(=O)[nH]1)-c1ccccc1N(C(=O)c1ccccc1)C2c1ccc(-c2ccc(C)c(Cl)c2)o1. The van der Waals surface area contributed by atoms with E-state index in [1.54, 1.807) is 21.7 Å². The van der Waals surface area contributed by atoms with Crippen LogP contribution in [-0.4, -0.2) is 22.2 Å². The van der Waals surface area contributed by atoms with Crippen LogP contribution in [-0.2, 0) is 0 Å². The van der Waals surface area contributed by atoms with Gasteiger partial charge in [-0.25, -0.2) is 4.90 Å². The number of rotatable bonds is 4. The number of hydrogen-bond acceptors (Lipinski definition) is 5. The van der Waals surface area contributed by atoms with E-state index >= 15 is 0 Å². The molecule has 0 spiro atoms. The van der Waals surface area contributed by atoms with Crippen molar-refractivity contribution in [3.8, 4) is 22.6 Å². The number of aromatic amines is 1. The molecule has 1 aliphatic heterocycles. The number of nitrogens with zero attached hydrogens (tertiary/aromatic N) is 3. The predicted octanol–water partition coefficient (Wildman–Crippen LogP) is 5.88. The molecule has 3 heterocycles. The number of para-hydroxylation sites is 1. The number of fused-ring (bicyclic) bond motifs is 3. The van der Waals surface area contributed by atoms with Crippen molar-refractivity contribution in [2.24, 2.45) is 0 Å². The number of hydrogen-bond donors (Lipinski definition) is 1. The molecule has 188 valence electrons. The average molecular weight is 542 g/mol. The Balaban J connectivity index is 1.60. The van der Waals surface area contributed by atoms with Crippen molar-refractivity contribution in [1.29, 1.82) is 0 Å². The molecule has 0 saturated carbocycles. The van der Waals surface area contributed by atoms with E-state index in [4.69, 9.17) is 21.1 Å². The molecule has 6 rings (SSSR count). The Bertz CT molecular complexity index is 1750. The van der Waals surface area contributed by atoms with Gasteiger partial charge in [-0.1, -0.05) is 65.8 Å². The van der Waals surface area contributed by atoms with Gasteiger partial charge in [-0.15, -0.1) is 0 Å². The van der Waals surface area contributed by atoms with Gasteiger partial charge in [0.25, 0.3) is 5.91 Å². The highest BCUT2D eigenvalue weighted by Gasteiger charge is 2.47. The minimum absolute atomic E-state index is 0.245. The molecule has 2 aromatic heterocycles. The maximum Gasteiger partial charge on any atom is 0.325 e. The molecule has 5 aromatic rings. The van der Waals surface area contributed by atoms with Crippen molar-refractivity contribution < 1.29 is 13.9 Å². The second-order valence-corrected chi connectivity index (χ2v) is 10.1. The molecule has 0 aliphatic carbocycles. The van der Waals surface area contributed by atoms with E-state index in [0.717, 1.165) is 11.1 Å². The van der Waals surface area contributed by atoms with Crippen molar-refractivity contribution in [1.82, 2.24) is 10.1 Å². The summed E-state index contributed by atoms with van der Waals surface area (Å²) in [6.45, 7) is 1.94. The van der Waals surface area contributed by atoms with E-state index < -0.39 is 6.17 Å². The van der Waals surface area contributed by atoms with E-state index in [1.165, 1.54) is 11.8 Å². The van der Waals surface area contributed by atoms with Crippen LogP contribution < -0.4 is 15.1 Å². The number of H-pyrrole nitrogens is 1. The third kappa shape index (κ3) is 4.02. The van der Waals surface area contributed by atoms with Crippen LogP contribution in [0.3, 0.4) is 0 Å². The molecular weight excluding hydrogens is 520 g/mol. The zero-order chi connectivity index (χ0) is 26.4. The Labute approximate surface area is 227 Å². The highest BCUT2D eigenvalue weighted by Crippen LogP contribution is 2.39. The molecule has 1 amide bonds. The van der Waals surface area contributed by atoms with Crippen LogP contribution in [0.15, 0.2) is 99.3 Å². The van der Waals surface area contributed by atoms with Crippen LogP contribution >= 0.6 is 23.4 Å². The Morgan fingerprint density at radius 1 is 1.05 bits per heavy atom. The van der Waals surface area contributed by atoms with Crippen molar-refractivity contribution >= 4 is 35.0 Å². The zero-order valence-electron chi connectivity index (χ0n) is 20.5. The summed E-state index contributed by atoms with van der Waals surface area (Å²) in [5, 5.41) is 5.79. The first-order valence-electron chi connectivity index (χ1n) is 11.9. The highest BCUT2D eigenvalue weighted by molar-refractivity contribution is 7.98. The summed E-state index contributed by atoms with van der Waals surface area (Å²) in [6.07, 6.45) is 0.978. The van der Waals surface area contributed by atoms with Gasteiger partial charge in [0.2, 0.25) is 5.16 Å². The van der Waals surface area contributed by atoms with Crippen LogP contribution in [0, 0.1) is 6.92 Å². The lowest BCUT2D eigenvalue weighted by Crippen LogP contribution is -2.60. The molecule has 7 nitrogen and oxygen atoms in total. The molecule has 1 unspecified atom stereocenters. The Hall–Kier alpha value is -4.14. The number of carbonyl (C=O) groups is 1. The number of carbonyl (C=O) groups excluding carboxylic acids is 1. The Morgan fingerprint density at radius 2 is 1.82 bits per heavy atom. The lowest BCUT2D eigenvalue weighted by atomic mass is 10.0. The van der Waals surface area contributed by atoms with E-state index in [1.807, 2.05) is 86.0 Å². The van der Waals surface area contributed by atoms with E-state index in [0.29, 0.717) is 44.2 Å². The molecule has 38 heavy (non-hydrogen) atoms. The van der Waals surface area contributed by atoms with Crippen LogP contribution in [0.25, 0.3) is 22.6 Å². The molecule has 9 heteroatoms. The van der Waals surface area contributed by atoms with Crippen molar-refractivity contribution in [2.75, 3.05) is 11.2 Å². The van der Waals surface area contributed by atoms with Gasteiger partial charge in [-0.05, 0) is 65.9 Å². The number of amides is 1. The Kier molecular flexibility index (Phi) is 6.13. The van der Waals surface area contributed by atoms with Gasteiger partial charge in [0.15, 0.2) is 5.76 Å². The summed E-state index contributed by atoms with van der Waals surface area (Å²) in [6, 6.07) is 25.7. The number of halogens is 1. The fourth-order valence-corrected chi connectivity index (χ4v) is 5.20. The van der Waals surface area contributed by atoms with Crippen LogP contribution in [0.4, 0.5) is 5.69 Å². The normalized spacial score (nSPS) is 14.2. The second-order valence-electron chi connectivity index (χ2n) is 8.85. The molecule has 0 radical (unpaired) electrons. The second kappa shape index (κ2) is 9.63. The minimum atomic E-state index is -0.851. The molecule has 1 aliphatic rings. The van der Waals surface area contributed by atoms with Gasteiger partial charge in [0, 0.05) is 21.2 Å². The lowest BCUT2D eigenvalue weighted by Gasteiger charge is -2.31. The van der Waals surface area contributed by atoms with E-state index in [-0.39, 0.29) is 11.5 Å². The molecule has 1 N–H and O–H groups in total. The quantitative estimate of drug-likeness (QED) is 0.227. The number of benzene rings is 3. The summed E-state index contributed by atoms with van der Waals surface area (Å²) in [5.41, 5.74) is 3.51. The van der Waals surface area contributed by atoms with Gasteiger partial charge in [-0.3, -0.25) is 14.6 Å². The molecule has 0 fully saturated rings. The molecule has 0 bridgehead atoms. The summed E-state index contributed by atoms with van der Waals surface area (Å²) < 4.78 is 7.96. The summed E-state index contributed by atoms with van der Waals surface area (Å²) in [4.78, 5) is 31.9. The molecular formula is C29H22ClN4O3S+. The highest BCUT2D eigenvalue weighted by atomic mass is 35.5. The van der Waals surface area contributed by atoms with Gasteiger partial charge in [0.1, 0.15) is 5.76 Å². The molecule has 0 saturated heterocycles. The van der Waals surface area contributed by atoms with Crippen molar-refractivity contribution in [3.05, 3.63) is 117 Å². The third-order valence-electron chi connectivity index (χ3n) is 6.53. The largest absolute Gasteiger partial charge is 0.452 e.